The van der Waals surface area contributed by atoms with E-state index in [1.165, 1.54) is 12.1 Å². The van der Waals surface area contributed by atoms with Crippen molar-refractivity contribution in [3.63, 3.8) is 0 Å². The molecule has 0 fully saturated rings. The molecule has 0 saturated heterocycles. The molecule has 1 rings (SSSR count). The molecule has 34 heavy (non-hydrogen) atoms. The third-order valence-corrected chi connectivity index (χ3v) is 5.28. The monoisotopic (exact) mass is 512 g/mol. The van der Waals surface area contributed by atoms with Crippen LogP contribution < -0.4 is 0 Å². The van der Waals surface area contributed by atoms with Crippen LogP contribution in [0.15, 0.2) is 35.2 Å². The van der Waals surface area contributed by atoms with Crippen LogP contribution in [-0.4, -0.2) is 114 Å². The molecule has 0 radical (unpaired) electrons. The van der Waals surface area contributed by atoms with Gasteiger partial charge >= 0.3 is 0 Å². The van der Waals surface area contributed by atoms with Gasteiger partial charge in [-0.3, -0.25) is 4.18 Å². The van der Waals surface area contributed by atoms with Crippen molar-refractivity contribution in [3.8, 4) is 0 Å². The average Bonchev–Trinajstić information content (AvgIpc) is 2.85. The first-order chi connectivity index (χ1) is 16.7. The summed E-state index contributed by atoms with van der Waals surface area (Å²) in [4.78, 5) is 0.119. The maximum Gasteiger partial charge on any atom is 0.297 e. The van der Waals surface area contributed by atoms with Crippen LogP contribution in [-0.2, 0) is 47.5 Å². The van der Waals surface area contributed by atoms with E-state index in [9.17, 15) is 12.8 Å². The van der Waals surface area contributed by atoms with Crippen molar-refractivity contribution in [1.82, 2.24) is 0 Å². The molecule has 198 valence electrons. The van der Waals surface area contributed by atoms with E-state index in [4.69, 9.17) is 37.3 Å². The second-order valence-electron chi connectivity index (χ2n) is 6.56. The molecule has 1 aromatic carbocycles. The second-order valence-corrected chi connectivity index (χ2v) is 8.18. The highest BCUT2D eigenvalue weighted by molar-refractivity contribution is 7.86. The zero-order chi connectivity index (χ0) is 24.6. The van der Waals surface area contributed by atoms with Gasteiger partial charge in [0, 0.05) is 0 Å². The zero-order valence-electron chi connectivity index (χ0n) is 19.6. The smallest absolute Gasteiger partial charge is 0.297 e. The minimum Gasteiger partial charge on any atom is -0.377 e. The SMILES string of the molecule is O=S(=O)(OCCOCCOCCOCCOCCOCCOCCOCCF)c1ccccc1. The molecule has 0 atom stereocenters. The van der Waals surface area contributed by atoms with E-state index in [2.05, 4.69) is 0 Å². The molecule has 0 spiro atoms. The number of rotatable bonds is 25. The van der Waals surface area contributed by atoms with Crippen LogP contribution in [0.5, 0.6) is 0 Å². The highest BCUT2D eigenvalue weighted by atomic mass is 32.2. The lowest BCUT2D eigenvalue weighted by molar-refractivity contribution is -0.0214. The number of hydrogen-bond donors (Lipinski definition) is 0. The Morgan fingerprint density at radius 3 is 1.18 bits per heavy atom. The van der Waals surface area contributed by atoms with Gasteiger partial charge in [-0.15, -0.1) is 0 Å². The van der Waals surface area contributed by atoms with Gasteiger partial charge in [-0.25, -0.2) is 4.39 Å². The largest absolute Gasteiger partial charge is 0.377 e. The van der Waals surface area contributed by atoms with E-state index in [0.717, 1.165) is 0 Å². The van der Waals surface area contributed by atoms with E-state index >= 15 is 0 Å². The molecular weight excluding hydrogens is 475 g/mol. The molecular formula is C22H37FO10S. The molecule has 0 heterocycles. The molecule has 10 nitrogen and oxygen atoms in total. The molecule has 0 unspecified atom stereocenters. The summed E-state index contributed by atoms with van der Waals surface area (Å²) in [6.45, 7) is 4.83. The normalized spacial score (nSPS) is 11.8. The van der Waals surface area contributed by atoms with Crippen LogP contribution >= 0.6 is 0 Å². The number of benzene rings is 1. The summed E-state index contributed by atoms with van der Waals surface area (Å²) in [6.07, 6.45) is 0. The van der Waals surface area contributed by atoms with Crippen molar-refractivity contribution in [2.24, 2.45) is 0 Å². The van der Waals surface area contributed by atoms with Crippen LogP contribution in [0.3, 0.4) is 0 Å². The summed E-state index contributed by atoms with van der Waals surface area (Å²) in [7, 11) is -3.75. The Bertz CT molecular complexity index is 663. The standard InChI is InChI=1S/C22H37FO10S/c23-6-7-26-8-9-27-10-11-28-12-13-29-14-15-30-16-17-31-18-19-32-20-21-33-34(24,25)22-4-2-1-3-5-22/h1-5H,6-21H2. The van der Waals surface area contributed by atoms with Gasteiger partial charge in [0.15, 0.2) is 0 Å². The predicted molar refractivity (Wildman–Crippen MR) is 121 cm³/mol. The number of halogens is 1. The quantitative estimate of drug-likeness (QED) is 0.141. The van der Waals surface area contributed by atoms with Crippen LogP contribution in [0, 0.1) is 0 Å². The van der Waals surface area contributed by atoms with Gasteiger partial charge in [0.2, 0.25) is 0 Å². The summed E-state index contributed by atoms with van der Waals surface area (Å²) in [5, 5.41) is 0. The van der Waals surface area contributed by atoms with Gasteiger partial charge in [-0.05, 0) is 12.1 Å². The summed E-state index contributed by atoms with van der Waals surface area (Å²) in [6, 6.07) is 7.95. The lowest BCUT2D eigenvalue weighted by Crippen LogP contribution is -2.15. The van der Waals surface area contributed by atoms with Crippen LogP contribution in [0.4, 0.5) is 4.39 Å². The molecule has 0 N–H and O–H groups in total. The van der Waals surface area contributed by atoms with E-state index in [1.54, 1.807) is 18.2 Å². The van der Waals surface area contributed by atoms with Gasteiger partial charge in [0.1, 0.15) is 6.67 Å². The Kier molecular flexibility index (Phi) is 20.2. The van der Waals surface area contributed by atoms with Crippen LogP contribution in [0.2, 0.25) is 0 Å². The zero-order valence-corrected chi connectivity index (χ0v) is 20.4. The summed E-state index contributed by atoms with van der Waals surface area (Å²) in [5.41, 5.74) is 0. The molecule has 1 aromatic rings. The number of alkyl halides is 1. The van der Waals surface area contributed by atoms with Crippen molar-refractivity contribution in [1.29, 1.82) is 0 Å². The first-order valence-electron chi connectivity index (χ1n) is 11.2. The highest BCUT2D eigenvalue weighted by Gasteiger charge is 2.13. The van der Waals surface area contributed by atoms with Gasteiger partial charge in [0.05, 0.1) is 104 Å². The summed E-state index contributed by atoms with van der Waals surface area (Å²) < 4.78 is 77.4. The fourth-order valence-corrected chi connectivity index (χ4v) is 3.25. The maximum absolute atomic E-state index is 11.9. The van der Waals surface area contributed by atoms with Crippen LogP contribution in [0.1, 0.15) is 0 Å². The summed E-state index contributed by atoms with van der Waals surface area (Å²) >= 11 is 0. The average molecular weight is 513 g/mol. The van der Waals surface area contributed by atoms with Gasteiger partial charge in [0.25, 0.3) is 10.1 Å². The highest BCUT2D eigenvalue weighted by Crippen LogP contribution is 2.10. The van der Waals surface area contributed by atoms with E-state index in [1.807, 2.05) is 0 Å². The van der Waals surface area contributed by atoms with Crippen molar-refractivity contribution in [3.05, 3.63) is 30.3 Å². The van der Waals surface area contributed by atoms with E-state index in [0.29, 0.717) is 79.3 Å². The molecule has 0 amide bonds. The topological polar surface area (TPSA) is 108 Å². The number of hydrogen-bond acceptors (Lipinski definition) is 10. The van der Waals surface area contributed by atoms with Crippen molar-refractivity contribution < 1.29 is 50.1 Å². The van der Waals surface area contributed by atoms with E-state index < -0.39 is 16.8 Å². The lowest BCUT2D eigenvalue weighted by atomic mass is 10.4. The fourth-order valence-electron chi connectivity index (χ4n) is 2.33. The Hall–Kier alpha value is -1.22. The summed E-state index contributed by atoms with van der Waals surface area (Å²) in [5.74, 6) is 0. The first kappa shape index (κ1) is 30.8. The lowest BCUT2D eigenvalue weighted by Gasteiger charge is -2.08. The minimum atomic E-state index is -3.75. The third kappa shape index (κ3) is 18.2. The Morgan fingerprint density at radius 2 is 0.824 bits per heavy atom. The maximum atomic E-state index is 11.9. The molecule has 12 heteroatoms. The van der Waals surface area contributed by atoms with Crippen molar-refractivity contribution in [2.45, 2.75) is 4.90 Å². The Labute approximate surface area is 201 Å². The van der Waals surface area contributed by atoms with Gasteiger partial charge in [-0.1, -0.05) is 18.2 Å². The van der Waals surface area contributed by atoms with E-state index in [-0.39, 0.29) is 24.7 Å². The molecule has 0 aliphatic rings. The number of ether oxygens (including phenoxy) is 7. The Morgan fingerprint density at radius 1 is 0.500 bits per heavy atom. The van der Waals surface area contributed by atoms with Crippen molar-refractivity contribution in [2.75, 3.05) is 106 Å². The molecule has 0 aromatic heterocycles. The third-order valence-electron chi connectivity index (χ3n) is 3.95. The van der Waals surface area contributed by atoms with Gasteiger partial charge < -0.3 is 33.2 Å². The molecule has 0 aliphatic heterocycles. The van der Waals surface area contributed by atoms with Gasteiger partial charge in [-0.2, -0.15) is 8.42 Å². The molecule has 0 saturated carbocycles. The Balaban J connectivity index is 1.74. The first-order valence-corrected chi connectivity index (χ1v) is 12.6. The molecule has 0 bridgehead atoms. The molecule has 0 aliphatic carbocycles. The second kappa shape index (κ2) is 22.3. The fraction of sp³-hybridized carbons (Fsp3) is 0.727. The van der Waals surface area contributed by atoms with Crippen LogP contribution in [0.25, 0.3) is 0 Å². The van der Waals surface area contributed by atoms with Crippen molar-refractivity contribution >= 4 is 10.1 Å². The predicted octanol–water partition coefficient (Wildman–Crippen LogP) is 1.48. The minimum absolute atomic E-state index is 0.0583.